The van der Waals surface area contributed by atoms with Gasteiger partial charge in [0.15, 0.2) is 11.9 Å². The molecule has 0 unspecified atom stereocenters. The maximum absolute atomic E-state index is 13.8. The quantitative estimate of drug-likeness (QED) is 0.0270. The Bertz CT molecular complexity index is 1440. The van der Waals surface area contributed by atoms with Gasteiger partial charge in [-0.05, 0) is 70.7 Å². The van der Waals surface area contributed by atoms with E-state index in [-0.39, 0.29) is 75.7 Å². The van der Waals surface area contributed by atoms with Gasteiger partial charge in [0.1, 0.15) is 35.5 Å². The number of rotatable bonds is 24. The molecule has 0 heterocycles. The van der Waals surface area contributed by atoms with Crippen molar-refractivity contribution >= 4 is 47.4 Å². The molecule has 0 saturated heterocycles. The number of carbonyl (C=O) groups is 6. The van der Waals surface area contributed by atoms with Crippen LogP contribution in [0.15, 0.2) is 24.3 Å². The van der Waals surface area contributed by atoms with E-state index in [2.05, 4.69) is 37.2 Å². The van der Waals surface area contributed by atoms with Gasteiger partial charge in [-0.25, -0.2) is 0 Å². The van der Waals surface area contributed by atoms with E-state index < -0.39 is 71.3 Å². The van der Waals surface area contributed by atoms with Crippen LogP contribution in [0.25, 0.3) is 0 Å². The molecule has 0 spiro atoms. The molecule has 21 heteroatoms. The molecule has 1 aromatic carbocycles. The number of guanidine groups is 2. The first-order valence-electron chi connectivity index (χ1n) is 16.9. The predicted octanol–water partition coefficient (Wildman–Crippen LogP) is -4.49. The Hall–Kier alpha value is -5.70. The van der Waals surface area contributed by atoms with Gasteiger partial charge in [-0.3, -0.25) is 39.6 Å². The number of amides is 6. The van der Waals surface area contributed by atoms with Crippen molar-refractivity contribution in [1.29, 1.82) is 10.8 Å². The van der Waals surface area contributed by atoms with Crippen LogP contribution in [0.3, 0.4) is 0 Å². The molecule has 296 valence electrons. The monoisotopic (exact) mass is 749 g/mol. The standard InChI is InChI=1S/C32H55N13O8/c1-17(46)24(39-3)28(52)44-20(6-4-14-40-30(35)36)25(49)43-22(12-13-23(33)48)26(50)42-21(7-5-15-41-31(37)38)27(51)45-32(2,29(34)53)16-18-8-10-19(47)11-9-18/h8-11,17,20-22,24,39,46-47H,4-7,12-16H2,1-3H3,(H2,33,48)(H2,34,53)(H,42,50)(H,43,49)(H,44,52)(H,45,51)(H4,35,36,40)(H4,37,38,41)/t17-,20+,21+,22+,24+,32-/m1/s1. The molecule has 19 N–H and O–H groups in total. The number of aliphatic hydroxyl groups is 1. The summed E-state index contributed by atoms with van der Waals surface area (Å²) in [5, 5.41) is 52.4. The second-order valence-electron chi connectivity index (χ2n) is 12.7. The molecule has 0 aliphatic rings. The number of hydrogen-bond acceptors (Lipinski definition) is 11. The third kappa shape index (κ3) is 16.9. The van der Waals surface area contributed by atoms with Gasteiger partial charge >= 0.3 is 0 Å². The Labute approximate surface area is 307 Å². The van der Waals surface area contributed by atoms with Crippen molar-refractivity contribution in [1.82, 2.24) is 37.2 Å². The van der Waals surface area contributed by atoms with E-state index in [0.29, 0.717) is 5.56 Å². The SMILES string of the molecule is CN[C@H](C(=O)N[C@@H](CCCNC(=N)N)C(=O)N[C@@H](CCC(N)=O)C(=O)N[C@@H](CCCNC(=N)N)C(=O)N[C@](C)(Cc1ccc(O)cc1)C(N)=O)[C@@H](C)O. The van der Waals surface area contributed by atoms with E-state index in [9.17, 15) is 39.0 Å². The summed E-state index contributed by atoms with van der Waals surface area (Å²) in [5.74, 6) is -5.62. The molecule has 0 aromatic heterocycles. The van der Waals surface area contributed by atoms with Gasteiger partial charge in [0.25, 0.3) is 0 Å². The topological polar surface area (TPSA) is 379 Å². The molecule has 0 radical (unpaired) electrons. The number of hydrogen-bond donors (Lipinski definition) is 15. The fraction of sp³-hybridized carbons (Fsp3) is 0.562. The lowest BCUT2D eigenvalue weighted by atomic mass is 9.91. The lowest BCUT2D eigenvalue weighted by molar-refractivity contribution is -0.136. The first-order valence-corrected chi connectivity index (χ1v) is 16.9. The number of nitrogens with one attached hydrogen (secondary N) is 9. The van der Waals surface area contributed by atoms with Crippen molar-refractivity contribution in [3.8, 4) is 5.75 Å². The van der Waals surface area contributed by atoms with Crippen LogP contribution in [-0.2, 0) is 35.2 Å². The van der Waals surface area contributed by atoms with Crippen LogP contribution < -0.4 is 60.2 Å². The van der Waals surface area contributed by atoms with Crippen molar-refractivity contribution < 1.29 is 39.0 Å². The lowest BCUT2D eigenvalue weighted by Crippen LogP contribution is -2.62. The average molecular weight is 750 g/mol. The highest BCUT2D eigenvalue weighted by molar-refractivity contribution is 5.97. The molecule has 0 fully saturated rings. The highest BCUT2D eigenvalue weighted by Crippen LogP contribution is 2.17. The third-order valence-electron chi connectivity index (χ3n) is 8.06. The summed E-state index contributed by atoms with van der Waals surface area (Å²) in [6.45, 7) is 3.07. The van der Waals surface area contributed by atoms with Gasteiger partial charge in [0.05, 0.1) is 6.10 Å². The van der Waals surface area contributed by atoms with Crippen LogP contribution in [0.2, 0.25) is 0 Å². The van der Waals surface area contributed by atoms with Gasteiger partial charge in [-0.1, -0.05) is 12.1 Å². The smallest absolute Gasteiger partial charge is 0.243 e. The van der Waals surface area contributed by atoms with Gasteiger partial charge < -0.3 is 70.4 Å². The fourth-order valence-corrected chi connectivity index (χ4v) is 5.12. The second kappa shape index (κ2) is 22.3. The molecule has 6 amide bonds. The van der Waals surface area contributed by atoms with Crippen LogP contribution in [0.4, 0.5) is 0 Å². The average Bonchev–Trinajstić information content (AvgIpc) is 3.06. The van der Waals surface area contributed by atoms with Gasteiger partial charge in [0, 0.05) is 25.9 Å². The molecule has 1 aromatic rings. The molecule has 0 aliphatic heterocycles. The number of benzene rings is 1. The number of phenols is 1. The zero-order chi connectivity index (χ0) is 40.3. The third-order valence-corrected chi connectivity index (χ3v) is 8.06. The van der Waals surface area contributed by atoms with Crippen molar-refractivity contribution in [3.05, 3.63) is 29.8 Å². The number of nitrogens with two attached hydrogens (primary N) is 4. The van der Waals surface area contributed by atoms with E-state index in [4.69, 9.17) is 33.8 Å². The zero-order valence-electron chi connectivity index (χ0n) is 30.2. The first-order chi connectivity index (χ1) is 24.8. The lowest BCUT2D eigenvalue weighted by Gasteiger charge is -2.31. The highest BCUT2D eigenvalue weighted by atomic mass is 16.3. The number of likely N-dealkylation sites (N-methyl/N-ethyl adjacent to an activating group) is 1. The zero-order valence-corrected chi connectivity index (χ0v) is 30.2. The molecule has 0 bridgehead atoms. The minimum Gasteiger partial charge on any atom is -0.508 e. The van der Waals surface area contributed by atoms with Crippen LogP contribution in [0.1, 0.15) is 57.9 Å². The minimum atomic E-state index is -1.66. The predicted molar refractivity (Wildman–Crippen MR) is 195 cm³/mol. The van der Waals surface area contributed by atoms with Crippen LogP contribution in [0.5, 0.6) is 5.75 Å². The Morgan fingerprint density at radius 3 is 1.62 bits per heavy atom. The Morgan fingerprint density at radius 1 is 0.755 bits per heavy atom. The van der Waals surface area contributed by atoms with E-state index >= 15 is 0 Å². The van der Waals surface area contributed by atoms with Crippen LogP contribution in [0, 0.1) is 10.8 Å². The number of aromatic hydroxyl groups is 1. The molecular formula is C32H55N13O8. The van der Waals surface area contributed by atoms with Crippen molar-refractivity contribution in [2.24, 2.45) is 22.9 Å². The van der Waals surface area contributed by atoms with E-state index in [1.165, 1.54) is 33.0 Å². The summed E-state index contributed by atoms with van der Waals surface area (Å²) >= 11 is 0. The van der Waals surface area contributed by atoms with Crippen molar-refractivity contribution in [2.75, 3.05) is 20.1 Å². The van der Waals surface area contributed by atoms with Crippen LogP contribution >= 0.6 is 0 Å². The van der Waals surface area contributed by atoms with Gasteiger partial charge in [-0.2, -0.15) is 0 Å². The minimum absolute atomic E-state index is 0.000827. The summed E-state index contributed by atoms with van der Waals surface area (Å²) in [6.07, 6.45) is -1.48. The largest absolute Gasteiger partial charge is 0.508 e. The van der Waals surface area contributed by atoms with Gasteiger partial charge in [-0.15, -0.1) is 0 Å². The number of carbonyl (C=O) groups excluding carboxylic acids is 6. The maximum atomic E-state index is 13.8. The Kier molecular flexibility index (Phi) is 19.1. The number of aliphatic hydroxyl groups excluding tert-OH is 1. The highest BCUT2D eigenvalue weighted by Gasteiger charge is 2.37. The molecule has 1 rings (SSSR count). The molecule has 6 atom stereocenters. The van der Waals surface area contributed by atoms with Gasteiger partial charge in [0.2, 0.25) is 35.4 Å². The summed E-state index contributed by atoms with van der Waals surface area (Å²) in [7, 11) is 1.44. The van der Waals surface area contributed by atoms with Crippen molar-refractivity contribution in [3.63, 3.8) is 0 Å². The Balaban J connectivity index is 3.37. The summed E-state index contributed by atoms with van der Waals surface area (Å²) in [6, 6.07) is 0.740. The van der Waals surface area contributed by atoms with E-state index in [1.54, 1.807) is 12.1 Å². The Morgan fingerprint density at radius 2 is 1.21 bits per heavy atom. The molecule has 21 nitrogen and oxygen atoms in total. The molecule has 0 saturated carbocycles. The molecule has 0 aliphatic carbocycles. The molecular weight excluding hydrogens is 694 g/mol. The number of primary amides is 2. The summed E-state index contributed by atoms with van der Waals surface area (Å²) in [5.41, 5.74) is 20.6. The van der Waals surface area contributed by atoms with E-state index in [1.807, 2.05) is 0 Å². The summed E-state index contributed by atoms with van der Waals surface area (Å²) in [4.78, 5) is 78.4. The maximum Gasteiger partial charge on any atom is 0.243 e. The first kappa shape index (κ1) is 45.3. The normalized spacial score (nSPS) is 14.8. The fourth-order valence-electron chi connectivity index (χ4n) is 5.12. The van der Waals surface area contributed by atoms with Crippen molar-refractivity contribution in [2.45, 2.75) is 94.6 Å². The second-order valence-corrected chi connectivity index (χ2v) is 12.7. The summed E-state index contributed by atoms with van der Waals surface area (Å²) < 4.78 is 0. The number of phenolic OH excluding ortho intramolecular Hbond substituents is 1. The van der Waals surface area contributed by atoms with Crippen LogP contribution in [-0.4, -0.2) is 114 Å². The molecule has 53 heavy (non-hydrogen) atoms. The van der Waals surface area contributed by atoms with E-state index in [0.717, 1.165) is 0 Å².